The van der Waals surface area contributed by atoms with Gasteiger partial charge in [0.15, 0.2) is 0 Å². The third kappa shape index (κ3) is 5.77. The molecule has 1 aromatic heterocycles. The Kier molecular flexibility index (Phi) is 7.60. The third-order valence-corrected chi connectivity index (χ3v) is 5.19. The molecule has 0 spiro atoms. The Morgan fingerprint density at radius 2 is 2.07 bits per heavy atom. The first kappa shape index (κ1) is 21.3. The van der Waals surface area contributed by atoms with Gasteiger partial charge < -0.3 is 19.7 Å². The quantitative estimate of drug-likeness (QED) is 0.639. The number of amides is 2. The molecule has 29 heavy (non-hydrogen) atoms. The largest absolute Gasteiger partial charge is 0.490 e. The van der Waals surface area contributed by atoms with Crippen LogP contribution in [0.5, 0.6) is 5.75 Å². The van der Waals surface area contributed by atoms with E-state index < -0.39 is 0 Å². The minimum absolute atomic E-state index is 0.123. The molecule has 2 amide bonds. The minimum atomic E-state index is -0.278. The molecule has 0 aliphatic carbocycles. The number of carbonyl (C=O) groups is 2. The average Bonchev–Trinajstić information content (AvgIpc) is 2.75. The third-order valence-electron chi connectivity index (χ3n) is 4.72. The number of likely N-dealkylation sites (tertiary alicyclic amines) is 1. The van der Waals surface area contributed by atoms with Gasteiger partial charge in [0.1, 0.15) is 18.2 Å². The highest BCUT2D eigenvalue weighted by Gasteiger charge is 2.30. The van der Waals surface area contributed by atoms with E-state index in [4.69, 9.17) is 9.47 Å². The summed E-state index contributed by atoms with van der Waals surface area (Å²) in [5, 5.41) is 2.84. The number of hydrogen-bond acceptors (Lipinski definition) is 5. The summed E-state index contributed by atoms with van der Waals surface area (Å²) in [6.07, 6.45) is 3.13. The van der Waals surface area contributed by atoms with Crippen LogP contribution >= 0.6 is 15.9 Å². The molecule has 1 aliphatic rings. The Labute approximate surface area is 178 Å². The van der Waals surface area contributed by atoms with E-state index in [1.807, 2.05) is 18.2 Å². The van der Waals surface area contributed by atoms with Crippen molar-refractivity contribution in [3.8, 4) is 5.75 Å². The molecule has 7 nitrogen and oxygen atoms in total. The van der Waals surface area contributed by atoms with E-state index in [2.05, 4.69) is 26.2 Å². The molecule has 0 saturated carbocycles. The first-order chi connectivity index (χ1) is 14.1. The predicted molar refractivity (Wildman–Crippen MR) is 113 cm³/mol. The maximum atomic E-state index is 13.1. The van der Waals surface area contributed by atoms with Gasteiger partial charge in [0.2, 0.25) is 5.91 Å². The van der Waals surface area contributed by atoms with E-state index >= 15 is 0 Å². The lowest BCUT2D eigenvalue weighted by Gasteiger charge is -2.32. The molecule has 3 rings (SSSR count). The van der Waals surface area contributed by atoms with Crippen molar-refractivity contribution < 1.29 is 19.1 Å². The van der Waals surface area contributed by atoms with Crippen molar-refractivity contribution in [3.05, 3.63) is 52.6 Å². The number of carbonyl (C=O) groups excluding carboxylic acids is 2. The zero-order chi connectivity index (χ0) is 20.6. The highest BCUT2D eigenvalue weighted by Crippen LogP contribution is 2.24. The van der Waals surface area contributed by atoms with Gasteiger partial charge in [-0.3, -0.25) is 9.59 Å². The van der Waals surface area contributed by atoms with Gasteiger partial charge in [-0.15, -0.1) is 0 Å². The maximum absolute atomic E-state index is 13.1. The summed E-state index contributed by atoms with van der Waals surface area (Å²) in [5.41, 5.74) is 0.499. The van der Waals surface area contributed by atoms with Gasteiger partial charge in [0, 0.05) is 30.9 Å². The summed E-state index contributed by atoms with van der Waals surface area (Å²) in [6.45, 7) is 1.80. The Morgan fingerprint density at radius 1 is 1.24 bits per heavy atom. The van der Waals surface area contributed by atoms with Gasteiger partial charge in [-0.25, -0.2) is 4.98 Å². The van der Waals surface area contributed by atoms with E-state index in [9.17, 15) is 9.59 Å². The van der Waals surface area contributed by atoms with Crippen LogP contribution in [0.1, 0.15) is 23.2 Å². The highest BCUT2D eigenvalue weighted by atomic mass is 79.9. The van der Waals surface area contributed by atoms with Crippen molar-refractivity contribution in [1.82, 2.24) is 9.88 Å². The summed E-state index contributed by atoms with van der Waals surface area (Å²) in [4.78, 5) is 31.6. The summed E-state index contributed by atoms with van der Waals surface area (Å²) >= 11 is 3.32. The Hall–Kier alpha value is -2.45. The molecule has 0 radical (unpaired) electrons. The van der Waals surface area contributed by atoms with E-state index in [0.29, 0.717) is 43.4 Å². The number of benzene rings is 1. The fourth-order valence-electron chi connectivity index (χ4n) is 3.23. The molecule has 1 fully saturated rings. The molecule has 0 bridgehead atoms. The van der Waals surface area contributed by atoms with E-state index in [0.717, 1.165) is 17.3 Å². The molecular weight excluding hydrogens is 438 g/mol. The molecule has 1 saturated heterocycles. The minimum Gasteiger partial charge on any atom is -0.490 e. The molecule has 1 atom stereocenters. The van der Waals surface area contributed by atoms with Crippen LogP contribution in [-0.2, 0) is 9.53 Å². The summed E-state index contributed by atoms with van der Waals surface area (Å²) in [6, 6.07) is 10.7. The molecule has 154 valence electrons. The summed E-state index contributed by atoms with van der Waals surface area (Å²) in [7, 11) is 1.60. The second-order valence-corrected chi connectivity index (χ2v) is 7.69. The van der Waals surface area contributed by atoms with E-state index in [1.165, 1.54) is 0 Å². The predicted octanol–water partition coefficient (Wildman–Crippen LogP) is 3.36. The van der Waals surface area contributed by atoms with Gasteiger partial charge in [-0.2, -0.15) is 0 Å². The maximum Gasteiger partial charge on any atom is 0.257 e. The van der Waals surface area contributed by atoms with Gasteiger partial charge in [0.05, 0.1) is 18.1 Å². The lowest BCUT2D eigenvalue weighted by molar-refractivity contribution is -0.121. The Morgan fingerprint density at radius 3 is 2.83 bits per heavy atom. The first-order valence-corrected chi connectivity index (χ1v) is 10.3. The molecule has 2 aromatic rings. The van der Waals surface area contributed by atoms with Crippen molar-refractivity contribution in [2.24, 2.45) is 5.92 Å². The standard InChI is InChI=1S/C21H24BrN3O4/c1-28-11-12-29-18-7-3-2-6-17(18)21(27)25-10-4-5-15(14-25)20(26)24-19-9-8-16(22)13-23-19/h2-3,6-9,13,15H,4-5,10-12,14H2,1H3,(H,23,24,26). The van der Waals surface area contributed by atoms with Crippen molar-refractivity contribution in [2.75, 3.05) is 38.7 Å². The number of rotatable bonds is 7. The number of hydrogen-bond donors (Lipinski definition) is 1. The second kappa shape index (κ2) is 10.4. The number of aromatic nitrogens is 1. The smallest absolute Gasteiger partial charge is 0.257 e. The van der Waals surface area contributed by atoms with Crippen molar-refractivity contribution in [1.29, 1.82) is 0 Å². The number of piperidine rings is 1. The fourth-order valence-corrected chi connectivity index (χ4v) is 3.46. The summed E-state index contributed by atoms with van der Waals surface area (Å²) in [5.74, 6) is 0.498. The van der Waals surface area contributed by atoms with Crippen LogP contribution in [0.2, 0.25) is 0 Å². The van der Waals surface area contributed by atoms with Gasteiger partial charge in [0.25, 0.3) is 5.91 Å². The Bertz CT molecular complexity index is 844. The number of pyridine rings is 1. The monoisotopic (exact) mass is 461 g/mol. The van der Waals surface area contributed by atoms with Crippen LogP contribution in [0.15, 0.2) is 47.1 Å². The molecule has 8 heteroatoms. The highest BCUT2D eigenvalue weighted by molar-refractivity contribution is 9.10. The lowest BCUT2D eigenvalue weighted by atomic mass is 9.96. The first-order valence-electron chi connectivity index (χ1n) is 9.51. The van der Waals surface area contributed by atoms with E-state index in [1.54, 1.807) is 36.4 Å². The molecule has 2 heterocycles. The van der Waals surface area contributed by atoms with Crippen molar-refractivity contribution in [2.45, 2.75) is 12.8 Å². The van der Waals surface area contributed by atoms with Gasteiger partial charge in [-0.1, -0.05) is 12.1 Å². The Balaban J connectivity index is 1.65. The lowest BCUT2D eigenvalue weighted by Crippen LogP contribution is -2.44. The number of para-hydroxylation sites is 1. The van der Waals surface area contributed by atoms with Gasteiger partial charge >= 0.3 is 0 Å². The SMILES string of the molecule is COCCOc1ccccc1C(=O)N1CCCC(C(=O)Nc2ccc(Br)cn2)C1. The van der Waals surface area contributed by atoms with Crippen molar-refractivity contribution in [3.63, 3.8) is 0 Å². The van der Waals surface area contributed by atoms with E-state index in [-0.39, 0.29) is 17.7 Å². The van der Waals surface area contributed by atoms with Crippen LogP contribution in [0.25, 0.3) is 0 Å². The topological polar surface area (TPSA) is 80.8 Å². The van der Waals surface area contributed by atoms with Crippen LogP contribution in [0, 0.1) is 5.92 Å². The number of anilines is 1. The van der Waals surface area contributed by atoms with Crippen LogP contribution in [0.3, 0.4) is 0 Å². The molecule has 1 unspecified atom stereocenters. The van der Waals surface area contributed by atoms with Crippen LogP contribution < -0.4 is 10.1 Å². The van der Waals surface area contributed by atoms with Crippen molar-refractivity contribution >= 4 is 33.6 Å². The summed E-state index contributed by atoms with van der Waals surface area (Å²) < 4.78 is 11.5. The number of halogens is 1. The number of ether oxygens (including phenoxy) is 2. The molecule has 1 N–H and O–H groups in total. The van der Waals surface area contributed by atoms with Crippen LogP contribution in [0.4, 0.5) is 5.82 Å². The number of nitrogens with one attached hydrogen (secondary N) is 1. The van der Waals surface area contributed by atoms with Gasteiger partial charge in [-0.05, 0) is 53.0 Å². The number of nitrogens with zero attached hydrogens (tertiary/aromatic N) is 2. The second-order valence-electron chi connectivity index (χ2n) is 6.78. The van der Waals surface area contributed by atoms with Crippen LogP contribution in [-0.4, -0.2) is 55.1 Å². The number of methoxy groups -OCH3 is 1. The average molecular weight is 462 g/mol. The molecule has 1 aliphatic heterocycles. The zero-order valence-corrected chi connectivity index (χ0v) is 17.9. The fraction of sp³-hybridized carbons (Fsp3) is 0.381. The normalized spacial score (nSPS) is 16.3. The zero-order valence-electron chi connectivity index (χ0n) is 16.3. The molecular formula is C21H24BrN3O4. The molecule has 1 aromatic carbocycles.